The zero-order chi connectivity index (χ0) is 12.0. The van der Waals surface area contributed by atoms with E-state index in [1.165, 1.54) is 0 Å². The first-order chi connectivity index (χ1) is 7.71. The summed E-state index contributed by atoms with van der Waals surface area (Å²) in [4.78, 5) is 0.903. The second kappa shape index (κ2) is 6.54. The van der Waals surface area contributed by atoms with Gasteiger partial charge in [0.25, 0.3) is 0 Å². The van der Waals surface area contributed by atoms with Crippen LogP contribution in [-0.2, 0) is 6.61 Å². The van der Waals surface area contributed by atoms with E-state index in [1.807, 2.05) is 19.1 Å². The summed E-state index contributed by atoms with van der Waals surface area (Å²) in [6.07, 6.45) is 0. The monoisotopic (exact) mass is 237 g/mol. The highest BCUT2D eigenvalue weighted by molar-refractivity contribution is 7.99. The summed E-state index contributed by atoms with van der Waals surface area (Å²) in [5.41, 5.74) is 1.33. The van der Waals surface area contributed by atoms with Gasteiger partial charge < -0.3 is 10.2 Å². The Morgan fingerprint density at radius 2 is 2.19 bits per heavy atom. The van der Waals surface area contributed by atoms with Crippen molar-refractivity contribution in [1.82, 2.24) is 0 Å². The molecular weight excluding hydrogens is 222 g/mol. The molecule has 0 radical (unpaired) electrons. The Kier molecular flexibility index (Phi) is 5.33. The average Bonchev–Trinajstić information content (AvgIpc) is 2.35. The second-order valence-corrected chi connectivity index (χ2v) is 4.76. The highest BCUT2D eigenvalue weighted by atomic mass is 32.2. The third-order valence-electron chi connectivity index (χ3n) is 2.18. The minimum atomic E-state index is -0.0489. The minimum absolute atomic E-state index is 0.0489. The number of aliphatic hydroxyl groups excluding tert-OH is 2. The molecule has 3 nitrogen and oxygen atoms in total. The summed E-state index contributed by atoms with van der Waals surface area (Å²) in [7, 11) is 0. The number of aliphatic hydroxyl groups is 2. The van der Waals surface area contributed by atoms with Gasteiger partial charge in [0.2, 0.25) is 0 Å². The zero-order valence-electron chi connectivity index (χ0n) is 9.18. The van der Waals surface area contributed by atoms with Crippen LogP contribution in [0.15, 0.2) is 23.1 Å². The lowest BCUT2D eigenvalue weighted by Gasteiger charge is -2.09. The molecule has 0 heterocycles. The Morgan fingerprint density at radius 1 is 1.44 bits per heavy atom. The Balaban J connectivity index is 2.77. The topological polar surface area (TPSA) is 64.2 Å². The van der Waals surface area contributed by atoms with Gasteiger partial charge in [0.1, 0.15) is 6.07 Å². The molecule has 1 aromatic carbocycles. The summed E-state index contributed by atoms with van der Waals surface area (Å²) in [6.45, 7) is 2.07. The Labute approximate surface area is 99.7 Å². The van der Waals surface area contributed by atoms with Crippen molar-refractivity contribution in [3.8, 4) is 6.07 Å². The van der Waals surface area contributed by atoms with Gasteiger partial charge in [-0.2, -0.15) is 5.26 Å². The zero-order valence-corrected chi connectivity index (χ0v) is 10.00. The normalized spacial score (nSPS) is 12.1. The third kappa shape index (κ3) is 3.53. The van der Waals surface area contributed by atoms with Gasteiger partial charge in [-0.05, 0) is 23.6 Å². The number of hydrogen-bond acceptors (Lipinski definition) is 4. The van der Waals surface area contributed by atoms with Crippen molar-refractivity contribution in [2.75, 3.05) is 12.4 Å². The predicted octanol–water partition coefficient (Wildman–Crippen LogP) is 1.77. The van der Waals surface area contributed by atoms with E-state index < -0.39 is 0 Å². The van der Waals surface area contributed by atoms with Gasteiger partial charge in [-0.3, -0.25) is 0 Å². The van der Waals surface area contributed by atoms with Crippen molar-refractivity contribution in [2.24, 2.45) is 5.92 Å². The van der Waals surface area contributed by atoms with E-state index in [-0.39, 0.29) is 19.1 Å². The maximum atomic E-state index is 8.97. The van der Waals surface area contributed by atoms with Crippen LogP contribution in [0.1, 0.15) is 18.1 Å². The lowest BCUT2D eigenvalue weighted by atomic mass is 10.1. The number of nitriles is 1. The molecule has 0 spiro atoms. The highest BCUT2D eigenvalue weighted by Gasteiger charge is 2.06. The summed E-state index contributed by atoms with van der Waals surface area (Å²) in [6, 6.07) is 7.48. The number of thioether (sulfide) groups is 1. The molecule has 0 aliphatic rings. The first kappa shape index (κ1) is 13.0. The standard InChI is InChI=1S/C12H15NO2S/c1-9(6-14)8-16-12-3-2-10(7-15)4-11(12)5-13/h2-4,9,14-15H,6-8H2,1H3. The molecule has 0 aliphatic heterocycles. The van der Waals surface area contributed by atoms with Crippen molar-refractivity contribution < 1.29 is 10.2 Å². The average molecular weight is 237 g/mol. The van der Waals surface area contributed by atoms with Crippen molar-refractivity contribution in [1.29, 1.82) is 5.26 Å². The van der Waals surface area contributed by atoms with Gasteiger partial charge in [-0.25, -0.2) is 0 Å². The third-order valence-corrected chi connectivity index (χ3v) is 3.58. The van der Waals surface area contributed by atoms with Gasteiger partial charge in [0.05, 0.1) is 12.2 Å². The fourth-order valence-corrected chi connectivity index (χ4v) is 2.17. The molecule has 0 saturated carbocycles. The van der Waals surface area contributed by atoms with Crippen LogP contribution in [0.4, 0.5) is 0 Å². The van der Waals surface area contributed by atoms with Crippen molar-refractivity contribution in [3.63, 3.8) is 0 Å². The molecule has 1 rings (SSSR count). The first-order valence-corrected chi connectivity index (χ1v) is 6.07. The molecule has 4 heteroatoms. The largest absolute Gasteiger partial charge is 0.396 e. The fourth-order valence-electron chi connectivity index (χ4n) is 1.17. The Bertz CT molecular complexity index is 387. The van der Waals surface area contributed by atoms with E-state index in [1.54, 1.807) is 17.8 Å². The number of nitrogens with zero attached hydrogens (tertiary/aromatic N) is 1. The number of benzene rings is 1. The van der Waals surface area contributed by atoms with Crippen molar-refractivity contribution >= 4 is 11.8 Å². The van der Waals surface area contributed by atoms with E-state index in [4.69, 9.17) is 15.5 Å². The molecule has 0 fully saturated rings. The van der Waals surface area contributed by atoms with Gasteiger partial charge in [0.15, 0.2) is 0 Å². The molecule has 1 unspecified atom stereocenters. The van der Waals surface area contributed by atoms with Crippen LogP contribution >= 0.6 is 11.8 Å². The summed E-state index contributed by atoms with van der Waals surface area (Å²) in [5.74, 6) is 0.998. The van der Waals surface area contributed by atoms with Crippen LogP contribution in [0, 0.1) is 17.2 Å². The summed E-state index contributed by atoms with van der Waals surface area (Å²) in [5, 5.41) is 26.8. The fraction of sp³-hybridized carbons (Fsp3) is 0.417. The quantitative estimate of drug-likeness (QED) is 0.766. The number of hydrogen-bond donors (Lipinski definition) is 2. The maximum Gasteiger partial charge on any atom is 0.100 e. The molecule has 1 aromatic rings. The van der Waals surface area contributed by atoms with Crippen molar-refractivity contribution in [3.05, 3.63) is 29.3 Å². The lowest BCUT2D eigenvalue weighted by Crippen LogP contribution is -2.03. The van der Waals surface area contributed by atoms with Crippen LogP contribution in [0.25, 0.3) is 0 Å². The molecule has 0 aliphatic carbocycles. The molecular formula is C12H15NO2S. The molecule has 86 valence electrons. The van der Waals surface area contributed by atoms with Gasteiger partial charge in [-0.1, -0.05) is 13.0 Å². The maximum absolute atomic E-state index is 8.97. The van der Waals surface area contributed by atoms with E-state index in [0.29, 0.717) is 5.56 Å². The van der Waals surface area contributed by atoms with E-state index in [2.05, 4.69) is 6.07 Å². The van der Waals surface area contributed by atoms with Crippen LogP contribution < -0.4 is 0 Å². The Hall–Kier alpha value is -1.02. The molecule has 0 saturated heterocycles. The lowest BCUT2D eigenvalue weighted by molar-refractivity contribution is 0.250. The molecule has 0 bridgehead atoms. The van der Waals surface area contributed by atoms with E-state index in [0.717, 1.165) is 16.2 Å². The van der Waals surface area contributed by atoms with Crippen LogP contribution in [0.5, 0.6) is 0 Å². The molecule has 0 amide bonds. The minimum Gasteiger partial charge on any atom is -0.396 e. The molecule has 16 heavy (non-hydrogen) atoms. The predicted molar refractivity (Wildman–Crippen MR) is 64.1 cm³/mol. The smallest absolute Gasteiger partial charge is 0.100 e. The highest BCUT2D eigenvalue weighted by Crippen LogP contribution is 2.25. The second-order valence-electron chi connectivity index (χ2n) is 3.70. The van der Waals surface area contributed by atoms with E-state index >= 15 is 0 Å². The Morgan fingerprint density at radius 3 is 2.75 bits per heavy atom. The molecule has 0 aromatic heterocycles. The molecule has 1 atom stereocenters. The van der Waals surface area contributed by atoms with Gasteiger partial charge in [0, 0.05) is 17.3 Å². The van der Waals surface area contributed by atoms with Crippen LogP contribution in [0.3, 0.4) is 0 Å². The molecule has 2 N–H and O–H groups in total. The SMILES string of the molecule is CC(CO)CSc1ccc(CO)cc1C#N. The van der Waals surface area contributed by atoms with Crippen LogP contribution in [0.2, 0.25) is 0 Å². The van der Waals surface area contributed by atoms with Crippen LogP contribution in [-0.4, -0.2) is 22.6 Å². The van der Waals surface area contributed by atoms with Gasteiger partial charge >= 0.3 is 0 Å². The summed E-state index contributed by atoms with van der Waals surface area (Å²) < 4.78 is 0. The number of rotatable bonds is 5. The first-order valence-electron chi connectivity index (χ1n) is 5.08. The van der Waals surface area contributed by atoms with E-state index in [9.17, 15) is 0 Å². The van der Waals surface area contributed by atoms with Gasteiger partial charge in [-0.15, -0.1) is 11.8 Å². The summed E-state index contributed by atoms with van der Waals surface area (Å²) >= 11 is 1.56. The van der Waals surface area contributed by atoms with Crippen molar-refractivity contribution in [2.45, 2.75) is 18.4 Å².